The van der Waals surface area contributed by atoms with Crippen molar-refractivity contribution in [1.29, 1.82) is 0 Å². The first-order chi connectivity index (χ1) is 15.8. The molecular formula is C25H23N3O4S. The van der Waals surface area contributed by atoms with Crippen molar-refractivity contribution in [3.8, 4) is 0 Å². The first kappa shape index (κ1) is 22.3. The van der Waals surface area contributed by atoms with Crippen LogP contribution in [0.5, 0.6) is 0 Å². The lowest BCUT2D eigenvalue weighted by Gasteiger charge is -2.32. The van der Waals surface area contributed by atoms with Crippen molar-refractivity contribution < 1.29 is 18.0 Å². The molecule has 4 rings (SSSR count). The predicted octanol–water partition coefficient (Wildman–Crippen LogP) is 4.39. The molecule has 0 saturated carbocycles. The molecule has 1 aliphatic heterocycles. The van der Waals surface area contributed by atoms with E-state index in [-0.39, 0.29) is 23.1 Å². The molecule has 1 heterocycles. The highest BCUT2D eigenvalue weighted by Crippen LogP contribution is 2.33. The van der Waals surface area contributed by atoms with Gasteiger partial charge in [-0.05, 0) is 53.6 Å². The second-order valence-corrected chi connectivity index (χ2v) is 9.32. The summed E-state index contributed by atoms with van der Waals surface area (Å²) >= 11 is 0. The van der Waals surface area contributed by atoms with Gasteiger partial charge in [0.2, 0.25) is 11.8 Å². The number of hydrogen-bond acceptors (Lipinski definition) is 4. The van der Waals surface area contributed by atoms with Gasteiger partial charge >= 0.3 is 0 Å². The van der Waals surface area contributed by atoms with E-state index in [9.17, 15) is 18.0 Å². The van der Waals surface area contributed by atoms with Gasteiger partial charge in [0.15, 0.2) is 0 Å². The second kappa shape index (κ2) is 9.30. The number of rotatable bonds is 6. The van der Waals surface area contributed by atoms with E-state index in [4.69, 9.17) is 0 Å². The lowest BCUT2D eigenvalue weighted by molar-refractivity contribution is -0.129. The van der Waals surface area contributed by atoms with E-state index < -0.39 is 16.1 Å². The van der Waals surface area contributed by atoms with Crippen LogP contribution in [-0.2, 0) is 19.6 Å². The summed E-state index contributed by atoms with van der Waals surface area (Å²) in [5.41, 5.74) is 2.80. The van der Waals surface area contributed by atoms with Crippen molar-refractivity contribution in [3.05, 3.63) is 96.2 Å². The van der Waals surface area contributed by atoms with Crippen LogP contribution in [0.15, 0.2) is 90.0 Å². The van der Waals surface area contributed by atoms with E-state index in [1.54, 1.807) is 41.4 Å². The van der Waals surface area contributed by atoms with Crippen LogP contribution in [-0.4, -0.2) is 25.1 Å². The molecule has 0 saturated heterocycles. The standard InChI is InChI=1S/C25H23N3O4S/c1-18(29)28-16-15-19-7-5-6-10-23(19)24(28)17-25(30)26-20-11-13-22(14-12-20)33(31,32)27-21-8-3-2-4-9-21/h2-16,24,27H,17H2,1H3,(H,26,30)/t24-/m1/s1. The van der Waals surface area contributed by atoms with Gasteiger partial charge in [-0.15, -0.1) is 0 Å². The van der Waals surface area contributed by atoms with Crippen LogP contribution in [0.2, 0.25) is 0 Å². The Bertz CT molecular complexity index is 1300. The Hall–Kier alpha value is -3.91. The average molecular weight is 462 g/mol. The molecular weight excluding hydrogens is 438 g/mol. The number of carbonyl (C=O) groups excluding carboxylic acids is 2. The van der Waals surface area contributed by atoms with Crippen LogP contribution in [0, 0.1) is 0 Å². The molecule has 8 heteroatoms. The maximum Gasteiger partial charge on any atom is 0.261 e. The number of carbonyl (C=O) groups is 2. The van der Waals surface area contributed by atoms with E-state index in [1.165, 1.54) is 31.2 Å². The zero-order valence-corrected chi connectivity index (χ0v) is 18.7. The summed E-state index contributed by atoms with van der Waals surface area (Å²) in [6.07, 6.45) is 3.62. The molecule has 3 aromatic rings. The van der Waals surface area contributed by atoms with E-state index in [2.05, 4.69) is 10.0 Å². The van der Waals surface area contributed by atoms with Gasteiger partial charge in [-0.25, -0.2) is 8.42 Å². The topological polar surface area (TPSA) is 95.6 Å². The molecule has 0 bridgehead atoms. The summed E-state index contributed by atoms with van der Waals surface area (Å²) in [6.45, 7) is 1.46. The Morgan fingerprint density at radius 3 is 2.24 bits per heavy atom. The van der Waals surface area contributed by atoms with E-state index in [0.717, 1.165) is 11.1 Å². The lowest BCUT2D eigenvalue weighted by atomic mass is 9.93. The molecule has 2 amide bonds. The molecule has 0 aromatic heterocycles. The Balaban J connectivity index is 1.45. The minimum absolute atomic E-state index is 0.0660. The summed E-state index contributed by atoms with van der Waals surface area (Å²) in [5, 5.41) is 2.79. The van der Waals surface area contributed by atoms with Crippen LogP contribution in [0.25, 0.3) is 6.08 Å². The normalized spacial score (nSPS) is 14.9. The highest BCUT2D eigenvalue weighted by Gasteiger charge is 2.28. The van der Waals surface area contributed by atoms with E-state index in [1.807, 2.05) is 30.3 Å². The maximum absolute atomic E-state index is 12.8. The molecule has 33 heavy (non-hydrogen) atoms. The van der Waals surface area contributed by atoms with Crippen molar-refractivity contribution in [1.82, 2.24) is 4.90 Å². The first-order valence-corrected chi connectivity index (χ1v) is 11.9. The minimum atomic E-state index is -3.75. The number of anilines is 2. The Labute approximate surface area is 192 Å². The second-order valence-electron chi connectivity index (χ2n) is 7.63. The molecule has 0 spiro atoms. The monoisotopic (exact) mass is 461 g/mol. The highest BCUT2D eigenvalue weighted by atomic mass is 32.2. The first-order valence-electron chi connectivity index (χ1n) is 10.4. The molecule has 0 radical (unpaired) electrons. The predicted molar refractivity (Wildman–Crippen MR) is 128 cm³/mol. The molecule has 0 unspecified atom stereocenters. The van der Waals surface area contributed by atoms with Gasteiger partial charge in [0.1, 0.15) is 0 Å². The van der Waals surface area contributed by atoms with Gasteiger partial charge in [0.25, 0.3) is 10.0 Å². The fraction of sp³-hybridized carbons (Fsp3) is 0.120. The number of para-hydroxylation sites is 1. The Morgan fingerprint density at radius 1 is 0.879 bits per heavy atom. The molecule has 0 aliphatic carbocycles. The molecule has 1 aliphatic rings. The smallest absolute Gasteiger partial charge is 0.261 e. The third kappa shape index (κ3) is 5.12. The number of nitrogens with zero attached hydrogens (tertiary/aromatic N) is 1. The summed E-state index contributed by atoms with van der Waals surface area (Å²) in [7, 11) is -3.75. The van der Waals surface area contributed by atoms with Crippen molar-refractivity contribution >= 4 is 39.3 Å². The average Bonchev–Trinajstić information content (AvgIpc) is 2.80. The Morgan fingerprint density at radius 2 is 1.55 bits per heavy atom. The minimum Gasteiger partial charge on any atom is -0.326 e. The third-order valence-electron chi connectivity index (χ3n) is 5.32. The van der Waals surface area contributed by atoms with E-state index >= 15 is 0 Å². The number of amides is 2. The molecule has 0 fully saturated rings. The molecule has 1 atom stereocenters. The molecule has 3 aromatic carbocycles. The van der Waals surface area contributed by atoms with Crippen LogP contribution >= 0.6 is 0 Å². The third-order valence-corrected chi connectivity index (χ3v) is 6.72. The van der Waals surface area contributed by atoms with Crippen molar-refractivity contribution in [3.63, 3.8) is 0 Å². The zero-order valence-electron chi connectivity index (χ0n) is 17.9. The largest absolute Gasteiger partial charge is 0.326 e. The van der Waals surface area contributed by atoms with Crippen LogP contribution < -0.4 is 10.0 Å². The van der Waals surface area contributed by atoms with Crippen LogP contribution in [0.4, 0.5) is 11.4 Å². The SMILES string of the molecule is CC(=O)N1C=Cc2ccccc2[C@H]1CC(=O)Nc1ccc(S(=O)(=O)Nc2ccccc2)cc1. The quantitative estimate of drug-likeness (QED) is 0.569. The van der Waals surface area contributed by atoms with Crippen molar-refractivity contribution in [2.75, 3.05) is 10.0 Å². The van der Waals surface area contributed by atoms with Crippen molar-refractivity contribution in [2.45, 2.75) is 24.3 Å². The zero-order chi connectivity index (χ0) is 23.4. The summed E-state index contributed by atoms with van der Waals surface area (Å²) in [5.74, 6) is -0.437. The molecule has 7 nitrogen and oxygen atoms in total. The number of hydrogen-bond donors (Lipinski definition) is 2. The van der Waals surface area contributed by atoms with E-state index in [0.29, 0.717) is 11.4 Å². The number of sulfonamides is 1. The van der Waals surface area contributed by atoms with Gasteiger partial charge in [-0.3, -0.25) is 14.3 Å². The number of benzene rings is 3. The molecule has 2 N–H and O–H groups in total. The fourth-order valence-corrected chi connectivity index (χ4v) is 4.80. The van der Waals surface area contributed by atoms with Crippen molar-refractivity contribution in [2.24, 2.45) is 0 Å². The van der Waals surface area contributed by atoms with Crippen LogP contribution in [0.1, 0.15) is 30.5 Å². The summed E-state index contributed by atoms with van der Waals surface area (Å²) in [6, 6.07) is 21.8. The highest BCUT2D eigenvalue weighted by molar-refractivity contribution is 7.92. The lowest BCUT2D eigenvalue weighted by Crippen LogP contribution is -2.33. The maximum atomic E-state index is 12.8. The van der Waals surface area contributed by atoms with Gasteiger partial charge in [-0.1, -0.05) is 42.5 Å². The van der Waals surface area contributed by atoms with Gasteiger partial charge < -0.3 is 10.2 Å². The van der Waals surface area contributed by atoms with Crippen LogP contribution in [0.3, 0.4) is 0 Å². The Kier molecular flexibility index (Phi) is 6.28. The summed E-state index contributed by atoms with van der Waals surface area (Å²) in [4.78, 5) is 26.5. The summed E-state index contributed by atoms with van der Waals surface area (Å²) < 4.78 is 27.7. The van der Waals surface area contributed by atoms with Gasteiger partial charge in [0, 0.05) is 24.5 Å². The van der Waals surface area contributed by atoms with Gasteiger partial charge in [-0.2, -0.15) is 0 Å². The number of nitrogens with one attached hydrogen (secondary N) is 2. The fourth-order valence-electron chi connectivity index (χ4n) is 3.74. The van der Waals surface area contributed by atoms with Gasteiger partial charge in [0.05, 0.1) is 17.4 Å². The number of fused-ring (bicyclic) bond motifs is 1. The molecule has 168 valence electrons.